The Morgan fingerprint density at radius 2 is 1.52 bits per heavy atom. The molecule has 0 aromatic heterocycles. The quantitative estimate of drug-likeness (QED) is 0.442. The Balaban J connectivity index is 1.52. The van der Waals surface area contributed by atoms with Crippen molar-refractivity contribution in [3.63, 3.8) is 0 Å². The van der Waals surface area contributed by atoms with Gasteiger partial charge in [-0.05, 0) is 79.4 Å². The van der Waals surface area contributed by atoms with Crippen molar-refractivity contribution in [3.05, 3.63) is 83.7 Å². The molecule has 3 amide bonds. The molecule has 1 aliphatic rings. The van der Waals surface area contributed by atoms with Crippen molar-refractivity contribution < 1.29 is 14.0 Å². The highest BCUT2D eigenvalue weighted by Crippen LogP contribution is 2.32. The molecule has 0 aliphatic carbocycles. The maximum Gasteiger partial charge on any atom is 0.323 e. The number of rotatable bonds is 6. The number of amides is 3. The van der Waals surface area contributed by atoms with Gasteiger partial charge >= 0.3 is 6.03 Å². The average molecular weight is 447 g/mol. The second-order valence-electron chi connectivity index (χ2n) is 8.02. The third-order valence-electron chi connectivity index (χ3n) is 5.68. The molecule has 1 fully saturated rings. The minimum atomic E-state index is -0.400. The fraction of sp³-hybridized carbons (Fsp3) is 0.231. The summed E-state index contributed by atoms with van der Waals surface area (Å²) in [4.78, 5) is 27.5. The van der Waals surface area contributed by atoms with Gasteiger partial charge in [-0.2, -0.15) is 0 Å². The van der Waals surface area contributed by atoms with Crippen LogP contribution in [0.4, 0.5) is 31.9 Å². The first-order chi connectivity index (χ1) is 16.0. The summed E-state index contributed by atoms with van der Waals surface area (Å²) in [6.07, 6.45) is 3.12. The van der Waals surface area contributed by atoms with Crippen LogP contribution in [0.2, 0.25) is 0 Å². The Morgan fingerprint density at radius 1 is 0.848 bits per heavy atom. The molecule has 3 aromatic rings. The number of benzene rings is 3. The van der Waals surface area contributed by atoms with E-state index in [0.717, 1.165) is 38.0 Å². The molecule has 0 spiro atoms. The molecule has 0 unspecified atom stereocenters. The molecule has 0 radical (unpaired) electrons. The molecule has 1 heterocycles. The van der Waals surface area contributed by atoms with Crippen LogP contribution in [0.15, 0.2) is 66.7 Å². The summed E-state index contributed by atoms with van der Waals surface area (Å²) in [6, 6.07) is 18.2. The highest BCUT2D eigenvalue weighted by atomic mass is 19.1. The van der Waals surface area contributed by atoms with Gasteiger partial charge in [0.15, 0.2) is 0 Å². The van der Waals surface area contributed by atoms with Gasteiger partial charge in [0, 0.05) is 30.0 Å². The average Bonchev–Trinajstić information content (AvgIpc) is 3.35. The number of carbonyl (C=O) groups is 2. The Kier molecular flexibility index (Phi) is 6.88. The number of aryl methyl sites for hydroxylation is 1. The first kappa shape index (κ1) is 22.3. The van der Waals surface area contributed by atoms with Gasteiger partial charge in [-0.15, -0.1) is 0 Å². The normalized spacial score (nSPS) is 13.0. The molecule has 1 aliphatic heterocycles. The highest BCUT2D eigenvalue weighted by molar-refractivity contribution is 6.06. The highest BCUT2D eigenvalue weighted by Gasteiger charge is 2.18. The fourth-order valence-corrected chi connectivity index (χ4v) is 3.86. The lowest BCUT2D eigenvalue weighted by atomic mass is 10.1. The number of nitrogens with zero attached hydrogens (tertiary/aromatic N) is 1. The molecule has 1 saturated heterocycles. The summed E-state index contributed by atoms with van der Waals surface area (Å²) in [7, 11) is 0. The van der Waals surface area contributed by atoms with Gasteiger partial charge in [0.25, 0.3) is 5.91 Å². The lowest BCUT2D eigenvalue weighted by molar-refractivity contribution is 0.102. The van der Waals surface area contributed by atoms with Crippen LogP contribution in [-0.2, 0) is 6.42 Å². The van der Waals surface area contributed by atoms with Crippen LogP contribution in [0.25, 0.3) is 0 Å². The van der Waals surface area contributed by atoms with Gasteiger partial charge < -0.3 is 20.9 Å². The predicted octanol–water partition coefficient (Wildman–Crippen LogP) is 5.88. The third-order valence-corrected chi connectivity index (χ3v) is 5.68. The van der Waals surface area contributed by atoms with Gasteiger partial charge in [0.1, 0.15) is 5.82 Å². The minimum absolute atomic E-state index is 0.350. The largest absolute Gasteiger partial charge is 0.370 e. The number of hydrogen-bond acceptors (Lipinski definition) is 3. The molecule has 7 heteroatoms. The van der Waals surface area contributed by atoms with Crippen LogP contribution in [-0.4, -0.2) is 25.0 Å². The van der Waals surface area contributed by atoms with Crippen molar-refractivity contribution in [1.82, 2.24) is 0 Å². The van der Waals surface area contributed by atoms with Crippen molar-refractivity contribution in [2.24, 2.45) is 0 Å². The lowest BCUT2D eigenvalue weighted by Gasteiger charge is -2.22. The van der Waals surface area contributed by atoms with E-state index in [-0.39, 0.29) is 11.9 Å². The van der Waals surface area contributed by atoms with E-state index < -0.39 is 5.82 Å². The molecular weight excluding hydrogens is 419 g/mol. The Bertz CT molecular complexity index is 1120. The van der Waals surface area contributed by atoms with E-state index in [9.17, 15) is 14.0 Å². The SMILES string of the molecule is CCc1ccc(NC(=O)Nc2cc(NC(=O)c3ccc(F)cc3)ccc2N2CCCC2)cc1. The second-order valence-corrected chi connectivity index (χ2v) is 8.02. The Labute approximate surface area is 192 Å². The van der Waals surface area contributed by atoms with E-state index in [0.29, 0.717) is 22.6 Å². The van der Waals surface area contributed by atoms with Crippen molar-refractivity contribution >= 4 is 34.7 Å². The molecule has 0 saturated carbocycles. The molecule has 3 N–H and O–H groups in total. The molecule has 0 bridgehead atoms. The fourth-order valence-electron chi connectivity index (χ4n) is 3.86. The number of halogens is 1. The van der Waals surface area contributed by atoms with Gasteiger partial charge in [0.05, 0.1) is 11.4 Å². The van der Waals surface area contributed by atoms with Crippen molar-refractivity contribution in [2.75, 3.05) is 33.9 Å². The van der Waals surface area contributed by atoms with E-state index in [1.54, 1.807) is 6.07 Å². The van der Waals surface area contributed by atoms with E-state index in [4.69, 9.17) is 0 Å². The monoisotopic (exact) mass is 446 g/mol. The van der Waals surface area contributed by atoms with Gasteiger partial charge in [-0.25, -0.2) is 9.18 Å². The standard InChI is InChI=1S/C26H27FN4O2/c1-2-18-5-11-21(12-6-18)29-26(33)30-23-17-22(13-14-24(23)31-15-3-4-16-31)28-25(32)19-7-9-20(27)10-8-19/h5-14,17H,2-4,15-16H2,1H3,(H,28,32)(H2,29,30,33). The zero-order valence-corrected chi connectivity index (χ0v) is 18.5. The number of anilines is 4. The van der Waals surface area contributed by atoms with Crippen molar-refractivity contribution in [2.45, 2.75) is 26.2 Å². The minimum Gasteiger partial charge on any atom is -0.370 e. The number of nitrogens with one attached hydrogen (secondary N) is 3. The first-order valence-electron chi connectivity index (χ1n) is 11.1. The third kappa shape index (κ3) is 5.68. The van der Waals surface area contributed by atoms with Crippen LogP contribution in [0.1, 0.15) is 35.7 Å². The summed E-state index contributed by atoms with van der Waals surface area (Å²) in [5.41, 5.74) is 4.30. The van der Waals surface area contributed by atoms with Crippen LogP contribution < -0.4 is 20.9 Å². The van der Waals surface area contributed by atoms with Crippen molar-refractivity contribution in [3.8, 4) is 0 Å². The first-order valence-corrected chi connectivity index (χ1v) is 11.1. The summed E-state index contributed by atoms with van der Waals surface area (Å²) >= 11 is 0. The van der Waals surface area contributed by atoms with Crippen LogP contribution in [0.3, 0.4) is 0 Å². The molecule has 0 atom stereocenters. The molecule has 33 heavy (non-hydrogen) atoms. The molecule has 3 aromatic carbocycles. The van der Waals surface area contributed by atoms with Crippen molar-refractivity contribution in [1.29, 1.82) is 0 Å². The maximum atomic E-state index is 13.2. The van der Waals surface area contributed by atoms with E-state index in [1.807, 2.05) is 36.4 Å². The van der Waals surface area contributed by atoms with Crippen LogP contribution in [0.5, 0.6) is 0 Å². The van der Waals surface area contributed by atoms with Crippen LogP contribution in [0, 0.1) is 5.82 Å². The van der Waals surface area contributed by atoms with Crippen LogP contribution >= 0.6 is 0 Å². The summed E-state index contributed by atoms with van der Waals surface area (Å²) in [5, 5.41) is 8.61. The second kappa shape index (κ2) is 10.2. The smallest absolute Gasteiger partial charge is 0.323 e. The van der Waals surface area contributed by atoms with E-state index in [2.05, 4.69) is 27.8 Å². The van der Waals surface area contributed by atoms with E-state index >= 15 is 0 Å². The molecular formula is C26H27FN4O2. The number of hydrogen-bond donors (Lipinski definition) is 3. The van der Waals surface area contributed by atoms with Gasteiger partial charge in [-0.3, -0.25) is 4.79 Å². The lowest BCUT2D eigenvalue weighted by Crippen LogP contribution is -2.24. The zero-order valence-electron chi connectivity index (χ0n) is 18.5. The number of carbonyl (C=O) groups excluding carboxylic acids is 2. The summed E-state index contributed by atoms with van der Waals surface area (Å²) < 4.78 is 13.2. The summed E-state index contributed by atoms with van der Waals surface area (Å²) in [6.45, 7) is 3.91. The summed E-state index contributed by atoms with van der Waals surface area (Å²) in [5.74, 6) is -0.751. The topological polar surface area (TPSA) is 73.5 Å². The number of urea groups is 1. The van der Waals surface area contributed by atoms with Gasteiger partial charge in [-0.1, -0.05) is 19.1 Å². The van der Waals surface area contributed by atoms with Gasteiger partial charge in [0.2, 0.25) is 0 Å². The van der Waals surface area contributed by atoms with E-state index in [1.165, 1.54) is 29.8 Å². The molecule has 170 valence electrons. The zero-order chi connectivity index (χ0) is 23.2. The predicted molar refractivity (Wildman–Crippen MR) is 131 cm³/mol. The Hall–Kier alpha value is -3.87. The Morgan fingerprint density at radius 3 is 2.18 bits per heavy atom. The molecule has 6 nitrogen and oxygen atoms in total. The maximum absolute atomic E-state index is 13.2. The molecule has 4 rings (SSSR count).